The summed E-state index contributed by atoms with van der Waals surface area (Å²) in [5, 5.41) is 12.7. The van der Waals surface area contributed by atoms with E-state index in [2.05, 4.69) is 5.32 Å². The van der Waals surface area contributed by atoms with Crippen LogP contribution in [0, 0.1) is 0 Å². The fourth-order valence-electron chi connectivity index (χ4n) is 2.73. The molecule has 3 rings (SSSR count). The standard InChI is InChI=1S/C16H17NO5/c1-21-11-3-4-12-10(9-22-13(12)8-11)7-14(18)17-16(15(19)20)5-2-6-16/h3-4,8-9H,2,5-7H2,1H3,(H,17,18)(H,19,20). The van der Waals surface area contributed by atoms with E-state index in [1.165, 1.54) is 6.26 Å². The third-order valence-corrected chi connectivity index (χ3v) is 4.21. The number of ether oxygens (including phenoxy) is 1. The lowest BCUT2D eigenvalue weighted by molar-refractivity contribution is -0.151. The van der Waals surface area contributed by atoms with E-state index in [-0.39, 0.29) is 12.3 Å². The van der Waals surface area contributed by atoms with Gasteiger partial charge in [0.25, 0.3) is 0 Å². The number of rotatable bonds is 5. The zero-order chi connectivity index (χ0) is 15.7. The van der Waals surface area contributed by atoms with Crippen molar-refractivity contribution in [3.05, 3.63) is 30.0 Å². The van der Waals surface area contributed by atoms with E-state index in [0.717, 1.165) is 17.4 Å². The maximum atomic E-state index is 12.1. The smallest absolute Gasteiger partial charge is 0.329 e. The van der Waals surface area contributed by atoms with E-state index in [1.807, 2.05) is 6.07 Å². The normalized spacial score (nSPS) is 16.0. The van der Waals surface area contributed by atoms with E-state index in [1.54, 1.807) is 19.2 Å². The number of aliphatic carboxylic acids is 1. The molecule has 0 atom stereocenters. The van der Waals surface area contributed by atoms with Crippen LogP contribution >= 0.6 is 0 Å². The van der Waals surface area contributed by atoms with Gasteiger partial charge in [0.2, 0.25) is 5.91 Å². The van der Waals surface area contributed by atoms with Gasteiger partial charge in [0.05, 0.1) is 19.8 Å². The minimum Gasteiger partial charge on any atom is -0.497 e. The number of carboxylic acid groups (broad SMARTS) is 1. The van der Waals surface area contributed by atoms with E-state index >= 15 is 0 Å². The van der Waals surface area contributed by atoms with E-state index < -0.39 is 11.5 Å². The van der Waals surface area contributed by atoms with Gasteiger partial charge in [-0.05, 0) is 31.4 Å². The van der Waals surface area contributed by atoms with Crippen LogP contribution in [0.3, 0.4) is 0 Å². The first-order chi connectivity index (χ1) is 10.5. The highest BCUT2D eigenvalue weighted by Gasteiger charge is 2.45. The van der Waals surface area contributed by atoms with Crippen molar-refractivity contribution in [3.63, 3.8) is 0 Å². The first-order valence-electron chi connectivity index (χ1n) is 7.12. The van der Waals surface area contributed by atoms with Gasteiger partial charge in [-0.2, -0.15) is 0 Å². The van der Waals surface area contributed by atoms with E-state index in [4.69, 9.17) is 9.15 Å². The molecule has 1 aromatic carbocycles. The topological polar surface area (TPSA) is 88.8 Å². The molecule has 1 heterocycles. The van der Waals surface area contributed by atoms with E-state index in [9.17, 15) is 14.7 Å². The van der Waals surface area contributed by atoms with Gasteiger partial charge < -0.3 is 19.6 Å². The molecule has 0 aliphatic heterocycles. The number of carboxylic acids is 1. The number of carbonyl (C=O) groups is 2. The van der Waals surface area contributed by atoms with Crippen molar-refractivity contribution in [1.82, 2.24) is 5.32 Å². The lowest BCUT2D eigenvalue weighted by atomic mass is 9.76. The Labute approximate surface area is 127 Å². The van der Waals surface area contributed by atoms with Crippen LogP contribution in [0.4, 0.5) is 0 Å². The molecule has 0 saturated heterocycles. The molecule has 0 bridgehead atoms. The number of carbonyl (C=O) groups excluding carboxylic acids is 1. The molecular formula is C16H17NO5. The molecular weight excluding hydrogens is 286 g/mol. The molecule has 0 unspecified atom stereocenters. The van der Waals surface area contributed by atoms with Crippen LogP contribution in [0.1, 0.15) is 24.8 Å². The number of benzene rings is 1. The van der Waals surface area contributed by atoms with Crippen molar-refractivity contribution in [3.8, 4) is 5.75 Å². The maximum Gasteiger partial charge on any atom is 0.329 e. The van der Waals surface area contributed by atoms with Gasteiger partial charge in [-0.25, -0.2) is 4.79 Å². The van der Waals surface area contributed by atoms with E-state index in [0.29, 0.717) is 24.2 Å². The Morgan fingerprint density at radius 3 is 2.77 bits per heavy atom. The highest BCUT2D eigenvalue weighted by molar-refractivity contribution is 5.92. The number of nitrogens with one attached hydrogen (secondary N) is 1. The summed E-state index contributed by atoms with van der Waals surface area (Å²) in [6.45, 7) is 0. The number of amides is 1. The number of hydrogen-bond acceptors (Lipinski definition) is 4. The summed E-state index contributed by atoms with van der Waals surface area (Å²) in [5.41, 5.74) is 0.286. The van der Waals surface area contributed by atoms with Crippen LogP contribution in [0.5, 0.6) is 5.75 Å². The predicted octanol–water partition coefficient (Wildman–Crippen LogP) is 2.11. The molecule has 1 aliphatic carbocycles. The monoisotopic (exact) mass is 303 g/mol. The molecule has 1 aliphatic rings. The summed E-state index contributed by atoms with van der Waals surface area (Å²) in [6, 6.07) is 5.38. The minimum absolute atomic E-state index is 0.0916. The summed E-state index contributed by atoms with van der Waals surface area (Å²) in [4.78, 5) is 23.4. The quantitative estimate of drug-likeness (QED) is 0.883. The van der Waals surface area contributed by atoms with Crippen molar-refractivity contribution >= 4 is 22.8 Å². The fraction of sp³-hybridized carbons (Fsp3) is 0.375. The number of hydrogen-bond donors (Lipinski definition) is 2. The lowest BCUT2D eigenvalue weighted by Crippen LogP contribution is -2.59. The van der Waals surface area contributed by atoms with Crippen LogP contribution in [0.25, 0.3) is 11.0 Å². The van der Waals surface area contributed by atoms with Crippen LogP contribution in [0.2, 0.25) is 0 Å². The molecule has 116 valence electrons. The van der Waals surface area contributed by atoms with Crippen molar-refractivity contribution in [2.75, 3.05) is 7.11 Å². The molecule has 1 aromatic heterocycles. The third-order valence-electron chi connectivity index (χ3n) is 4.21. The average Bonchev–Trinajstić information content (AvgIpc) is 2.84. The van der Waals surface area contributed by atoms with Crippen LogP contribution in [-0.4, -0.2) is 29.6 Å². The van der Waals surface area contributed by atoms with Gasteiger partial charge >= 0.3 is 5.97 Å². The van der Waals surface area contributed by atoms with Crippen molar-refractivity contribution in [2.24, 2.45) is 0 Å². The van der Waals surface area contributed by atoms with Crippen LogP contribution in [0.15, 0.2) is 28.9 Å². The van der Waals surface area contributed by atoms with Gasteiger partial charge in [-0.3, -0.25) is 4.79 Å². The Balaban J connectivity index is 1.75. The lowest BCUT2D eigenvalue weighted by Gasteiger charge is -2.38. The Hall–Kier alpha value is -2.50. The first-order valence-corrected chi connectivity index (χ1v) is 7.12. The Bertz CT molecular complexity index is 729. The largest absolute Gasteiger partial charge is 0.497 e. The number of fused-ring (bicyclic) bond motifs is 1. The Morgan fingerprint density at radius 1 is 1.41 bits per heavy atom. The molecule has 1 saturated carbocycles. The van der Waals surface area contributed by atoms with Crippen LogP contribution < -0.4 is 10.1 Å². The van der Waals surface area contributed by atoms with Crippen molar-refractivity contribution < 1.29 is 23.8 Å². The van der Waals surface area contributed by atoms with Gasteiger partial charge in [0.15, 0.2) is 0 Å². The molecule has 0 spiro atoms. The summed E-state index contributed by atoms with van der Waals surface area (Å²) >= 11 is 0. The second-order valence-corrected chi connectivity index (χ2v) is 5.59. The molecule has 0 radical (unpaired) electrons. The predicted molar refractivity (Wildman–Crippen MR) is 78.8 cm³/mol. The number of furan rings is 1. The first kappa shape index (κ1) is 14.4. The molecule has 2 N–H and O–H groups in total. The zero-order valence-corrected chi connectivity index (χ0v) is 12.2. The summed E-state index contributed by atoms with van der Waals surface area (Å²) in [5.74, 6) is -0.591. The Kier molecular flexibility index (Phi) is 3.52. The second kappa shape index (κ2) is 5.36. The maximum absolute atomic E-state index is 12.1. The SMILES string of the molecule is COc1ccc2c(CC(=O)NC3(C(=O)O)CCC3)coc2c1. The number of methoxy groups -OCH3 is 1. The third kappa shape index (κ3) is 2.41. The molecule has 22 heavy (non-hydrogen) atoms. The fourth-order valence-corrected chi connectivity index (χ4v) is 2.73. The second-order valence-electron chi connectivity index (χ2n) is 5.59. The van der Waals surface area contributed by atoms with Crippen LogP contribution in [-0.2, 0) is 16.0 Å². The molecule has 1 fully saturated rings. The highest BCUT2D eigenvalue weighted by atomic mass is 16.5. The minimum atomic E-state index is -1.08. The van der Waals surface area contributed by atoms with Crippen molar-refractivity contribution in [2.45, 2.75) is 31.2 Å². The van der Waals surface area contributed by atoms with Gasteiger partial charge in [0, 0.05) is 17.0 Å². The average molecular weight is 303 g/mol. The molecule has 1 amide bonds. The summed E-state index contributed by atoms with van der Waals surface area (Å²) in [6.07, 6.45) is 3.40. The molecule has 2 aromatic rings. The molecule has 6 heteroatoms. The van der Waals surface area contributed by atoms with Gasteiger partial charge in [-0.15, -0.1) is 0 Å². The summed E-state index contributed by atoms with van der Waals surface area (Å²) in [7, 11) is 1.57. The summed E-state index contributed by atoms with van der Waals surface area (Å²) < 4.78 is 10.6. The molecule has 6 nitrogen and oxygen atoms in total. The highest BCUT2D eigenvalue weighted by Crippen LogP contribution is 2.32. The Morgan fingerprint density at radius 2 is 2.18 bits per heavy atom. The van der Waals surface area contributed by atoms with Crippen molar-refractivity contribution in [1.29, 1.82) is 0 Å². The zero-order valence-electron chi connectivity index (χ0n) is 12.2. The van der Waals surface area contributed by atoms with Gasteiger partial charge in [-0.1, -0.05) is 0 Å². The van der Waals surface area contributed by atoms with Gasteiger partial charge in [0.1, 0.15) is 16.9 Å².